The third-order valence-corrected chi connectivity index (χ3v) is 8.82. The highest BCUT2D eigenvalue weighted by Gasteiger charge is 2.19. The van der Waals surface area contributed by atoms with Gasteiger partial charge in [0.1, 0.15) is 30.3 Å². The predicted octanol–water partition coefficient (Wildman–Crippen LogP) is 4.63. The van der Waals surface area contributed by atoms with E-state index in [0.29, 0.717) is 132 Å². The van der Waals surface area contributed by atoms with Gasteiger partial charge in [0, 0.05) is 42.3 Å². The molecule has 28 nitrogen and oxygen atoms in total. The van der Waals surface area contributed by atoms with Crippen molar-refractivity contribution in [3.63, 3.8) is 0 Å². The van der Waals surface area contributed by atoms with Crippen molar-refractivity contribution in [1.82, 2.24) is 15.3 Å². The van der Waals surface area contributed by atoms with Crippen LogP contribution in [-0.4, -0.2) is 230 Å². The fourth-order valence-corrected chi connectivity index (χ4v) is 5.51. The maximum absolute atomic E-state index is 12.1. The third kappa shape index (κ3) is 39.9. The van der Waals surface area contributed by atoms with E-state index < -0.39 is 35.6 Å². The summed E-state index contributed by atoms with van der Waals surface area (Å²) in [6.45, 7) is 21.8. The summed E-state index contributed by atoms with van der Waals surface area (Å²) in [5.74, 6) is -2.09. The maximum Gasteiger partial charge on any atom is 0.407 e. The number of hydrogen-bond acceptors (Lipinski definition) is 25. The summed E-state index contributed by atoms with van der Waals surface area (Å²) >= 11 is 0. The molecule has 0 unspecified atom stereocenters. The Labute approximate surface area is 461 Å². The number of hydrogen-bond donors (Lipinski definition) is 1. The highest BCUT2D eigenvalue weighted by molar-refractivity contribution is 5.93. The lowest BCUT2D eigenvalue weighted by atomic mass is 10.2. The molecule has 28 heteroatoms. The first-order valence-corrected chi connectivity index (χ1v) is 26.0. The highest BCUT2D eigenvalue weighted by Crippen LogP contribution is 2.18. The van der Waals surface area contributed by atoms with Crippen LogP contribution < -0.4 is 14.8 Å². The Kier molecular flexibility index (Phi) is 43.0. The number of esters is 4. The van der Waals surface area contributed by atoms with Crippen molar-refractivity contribution in [3.05, 3.63) is 57.5 Å². The Balaban J connectivity index is 0.000000796. The normalized spacial score (nSPS) is 10.9. The molecule has 0 fully saturated rings. The van der Waals surface area contributed by atoms with E-state index in [1.54, 1.807) is 48.5 Å². The van der Waals surface area contributed by atoms with Gasteiger partial charge in [-0.15, -0.1) is 0 Å². The lowest BCUT2D eigenvalue weighted by molar-refractivity contribution is -0.0126. The van der Waals surface area contributed by atoms with E-state index >= 15 is 0 Å². The van der Waals surface area contributed by atoms with E-state index in [-0.39, 0.29) is 87.1 Å². The molecule has 1 N–H and O–H groups in total. The minimum atomic E-state index is -0.661. The SMILES string of the molecule is CCOC(=O)c1cc(OCCOCCOCCOCCOCCOCCN=[N+]=[N-])cc(C(=O)OCC)n1.CCOC(=O)c1cc(OCCOCCOCCOCCOCCOCCNC(=O)OC(C)(C)C)cc(C(=O)OCC)n1. The molecule has 448 valence electrons. The Morgan fingerprint density at radius 2 is 0.709 bits per heavy atom. The van der Waals surface area contributed by atoms with Gasteiger partial charge in [-0.3, -0.25) is 0 Å². The summed E-state index contributed by atoms with van der Waals surface area (Å²) in [6.07, 6.45) is -0.469. The van der Waals surface area contributed by atoms with Crippen molar-refractivity contribution in [2.45, 2.75) is 54.1 Å². The van der Waals surface area contributed by atoms with Crippen LogP contribution in [0, 0.1) is 0 Å². The summed E-state index contributed by atoms with van der Waals surface area (Å²) in [4.78, 5) is 70.2. The number of ether oxygens (including phenoxy) is 17. The van der Waals surface area contributed by atoms with Crippen molar-refractivity contribution < 1.29 is 104 Å². The summed E-state index contributed by atoms with van der Waals surface area (Å²) in [7, 11) is 0. The molecule has 0 atom stereocenters. The molecule has 0 spiro atoms. The smallest absolute Gasteiger partial charge is 0.407 e. The predicted molar refractivity (Wildman–Crippen MR) is 280 cm³/mol. The van der Waals surface area contributed by atoms with Gasteiger partial charge < -0.3 is 85.8 Å². The van der Waals surface area contributed by atoms with Gasteiger partial charge in [0.25, 0.3) is 0 Å². The van der Waals surface area contributed by atoms with Crippen molar-refractivity contribution in [2.24, 2.45) is 5.11 Å². The highest BCUT2D eigenvalue weighted by atomic mass is 16.6. The van der Waals surface area contributed by atoms with Crippen LogP contribution in [0.5, 0.6) is 11.5 Å². The number of rotatable bonds is 46. The lowest BCUT2D eigenvalue weighted by Gasteiger charge is -2.19. The standard InChI is InChI=1S/C28H46N2O12.C23H36N4O10/c1-6-39-25(31)23-20-22(21-24(30-23)26(32)40-7-2)41-19-18-38-17-16-37-15-14-36-13-12-35-11-10-34-9-8-29-27(33)42-28(3,4)5;1-3-35-22(28)20-17-19(18-21(26-20)23(29)36-4-2)37-16-15-34-14-13-33-12-11-32-10-9-31-8-7-30-6-5-25-27-24/h20-21H,6-19H2,1-5H3,(H,29,33);17-18H,3-16H2,1-2H3. The summed E-state index contributed by atoms with van der Waals surface area (Å²) < 4.78 is 90.1. The summed E-state index contributed by atoms with van der Waals surface area (Å²) in [5, 5.41) is 5.97. The number of amides is 1. The number of azide groups is 1. The molecule has 0 aliphatic carbocycles. The maximum atomic E-state index is 12.1. The van der Waals surface area contributed by atoms with E-state index in [1.807, 2.05) is 0 Å². The van der Waals surface area contributed by atoms with E-state index in [4.69, 9.17) is 86.1 Å². The van der Waals surface area contributed by atoms with Crippen molar-refractivity contribution >= 4 is 30.0 Å². The Morgan fingerprint density at radius 1 is 0.443 bits per heavy atom. The van der Waals surface area contributed by atoms with Crippen molar-refractivity contribution in [3.8, 4) is 11.5 Å². The Bertz CT molecular complexity index is 1930. The molecule has 0 bridgehead atoms. The first-order valence-electron chi connectivity index (χ1n) is 26.0. The fourth-order valence-electron chi connectivity index (χ4n) is 5.51. The zero-order valence-electron chi connectivity index (χ0n) is 46.8. The molecule has 2 heterocycles. The zero-order chi connectivity index (χ0) is 58.0. The first kappa shape index (κ1) is 71.0. The minimum Gasteiger partial charge on any atom is -0.491 e. The summed E-state index contributed by atoms with van der Waals surface area (Å²) in [6, 6.07) is 5.60. The van der Waals surface area contributed by atoms with Gasteiger partial charge in [-0.1, -0.05) is 5.11 Å². The Morgan fingerprint density at radius 3 is 0.975 bits per heavy atom. The molecule has 0 saturated carbocycles. The van der Waals surface area contributed by atoms with Gasteiger partial charge in [0.2, 0.25) is 0 Å². The average molecular weight is 1130 g/mol. The Hall–Kier alpha value is -6.04. The van der Waals surface area contributed by atoms with E-state index in [2.05, 4.69) is 25.3 Å². The molecular weight excluding hydrogens is 1050 g/mol. The molecule has 2 rings (SSSR count). The zero-order valence-corrected chi connectivity index (χ0v) is 46.8. The third-order valence-electron chi connectivity index (χ3n) is 8.82. The van der Waals surface area contributed by atoms with E-state index in [9.17, 15) is 24.0 Å². The van der Waals surface area contributed by atoms with Gasteiger partial charge in [0.05, 0.1) is 159 Å². The number of nitrogens with zero attached hydrogens (tertiary/aromatic N) is 5. The fraction of sp³-hybridized carbons (Fsp3) is 0.706. The molecule has 79 heavy (non-hydrogen) atoms. The molecule has 0 aromatic carbocycles. The van der Waals surface area contributed by atoms with Gasteiger partial charge >= 0.3 is 30.0 Å². The van der Waals surface area contributed by atoms with Crippen LogP contribution in [0.1, 0.15) is 90.4 Å². The molecule has 0 saturated heterocycles. The van der Waals surface area contributed by atoms with Crippen LogP contribution in [-0.2, 0) is 71.1 Å². The second-order valence-electron chi connectivity index (χ2n) is 16.2. The average Bonchev–Trinajstić information content (AvgIpc) is 3.42. The largest absolute Gasteiger partial charge is 0.491 e. The van der Waals surface area contributed by atoms with Crippen LogP contribution in [0.25, 0.3) is 10.4 Å². The number of carbonyl (C=O) groups is 5. The molecule has 0 aliphatic rings. The summed E-state index contributed by atoms with van der Waals surface area (Å²) in [5.41, 5.74) is 7.42. The molecule has 1 amide bonds. The van der Waals surface area contributed by atoms with Gasteiger partial charge in [0.15, 0.2) is 22.8 Å². The number of aromatic nitrogens is 2. The van der Waals surface area contributed by atoms with Crippen LogP contribution >= 0.6 is 0 Å². The van der Waals surface area contributed by atoms with Crippen LogP contribution in [0.4, 0.5) is 4.79 Å². The van der Waals surface area contributed by atoms with Crippen LogP contribution in [0.3, 0.4) is 0 Å². The van der Waals surface area contributed by atoms with Crippen molar-refractivity contribution in [1.29, 1.82) is 0 Å². The monoisotopic (exact) mass is 1130 g/mol. The minimum absolute atomic E-state index is 0.0431. The van der Waals surface area contributed by atoms with Crippen LogP contribution in [0.15, 0.2) is 29.4 Å². The number of carbonyl (C=O) groups excluding carboxylic acids is 5. The number of nitrogens with one attached hydrogen (secondary N) is 1. The van der Waals surface area contributed by atoms with Gasteiger partial charge in [-0.2, -0.15) is 0 Å². The molecule has 0 aliphatic heterocycles. The number of pyridine rings is 2. The van der Waals surface area contributed by atoms with Gasteiger partial charge in [-0.05, 0) is 54.0 Å². The van der Waals surface area contributed by atoms with Gasteiger partial charge in [-0.25, -0.2) is 33.9 Å². The van der Waals surface area contributed by atoms with Crippen molar-refractivity contribution in [2.75, 3.05) is 185 Å². The van der Waals surface area contributed by atoms with Crippen LogP contribution in [0.2, 0.25) is 0 Å². The quantitative estimate of drug-likeness (QED) is 0.0236. The molecule has 0 radical (unpaired) electrons. The molecule has 2 aromatic rings. The molecule has 2 aromatic heterocycles. The topological polar surface area (TPSA) is 329 Å². The first-order chi connectivity index (χ1) is 38.3. The second kappa shape index (κ2) is 47.9. The van der Waals surface area contributed by atoms with E-state index in [1.165, 1.54) is 24.3 Å². The molecular formula is C51H82N6O22. The number of alkyl carbamates (subject to hydrolysis) is 1. The second-order valence-corrected chi connectivity index (χ2v) is 16.2. The van der Waals surface area contributed by atoms with E-state index in [0.717, 1.165) is 0 Å². The lowest BCUT2D eigenvalue weighted by Crippen LogP contribution is -2.34.